The van der Waals surface area contributed by atoms with Crippen LogP contribution in [0.1, 0.15) is 78.6 Å². The fraction of sp³-hybridized carbons (Fsp3) is 0.957. The number of carbonyl (C=O) groups excluding carboxylic acids is 1. The zero-order valence-corrected chi connectivity index (χ0v) is 16.3. The van der Waals surface area contributed by atoms with Gasteiger partial charge in [0.25, 0.3) is 0 Å². The van der Waals surface area contributed by atoms with Crippen LogP contribution in [-0.4, -0.2) is 16.5 Å². The van der Waals surface area contributed by atoms with Crippen LogP contribution in [0.5, 0.6) is 0 Å². The van der Waals surface area contributed by atoms with E-state index in [0.717, 1.165) is 54.3 Å². The number of ketones is 1. The van der Waals surface area contributed by atoms with E-state index < -0.39 is 5.60 Å². The first-order valence-corrected chi connectivity index (χ1v) is 11.0. The molecule has 5 fully saturated rings. The molecule has 5 aliphatic carbocycles. The summed E-state index contributed by atoms with van der Waals surface area (Å²) in [5.41, 5.74) is -0.124. The largest absolute Gasteiger partial charge is 0.390 e. The maximum Gasteiger partial charge on any atom is 0.133 e. The number of rotatable bonds is 1. The minimum atomic E-state index is -0.413. The van der Waals surface area contributed by atoms with Crippen molar-refractivity contribution >= 4 is 5.78 Å². The summed E-state index contributed by atoms with van der Waals surface area (Å²) in [7, 11) is 0. The van der Waals surface area contributed by atoms with Gasteiger partial charge in [-0.05, 0) is 118 Å². The Morgan fingerprint density at radius 2 is 1.64 bits per heavy atom. The van der Waals surface area contributed by atoms with Crippen molar-refractivity contribution in [1.29, 1.82) is 0 Å². The van der Waals surface area contributed by atoms with Crippen LogP contribution in [0, 0.1) is 52.8 Å². The van der Waals surface area contributed by atoms with E-state index in [2.05, 4.69) is 13.8 Å². The molecule has 10 atom stereocenters. The number of hydrogen-bond donors (Lipinski definition) is 1. The van der Waals surface area contributed by atoms with Crippen LogP contribution in [0.3, 0.4) is 0 Å². The lowest BCUT2D eigenvalue weighted by Gasteiger charge is -2.60. The number of aliphatic hydroxyl groups is 1. The van der Waals surface area contributed by atoms with Crippen LogP contribution in [-0.2, 0) is 4.79 Å². The lowest BCUT2D eigenvalue weighted by Crippen LogP contribution is -2.55. The van der Waals surface area contributed by atoms with Gasteiger partial charge in [-0.1, -0.05) is 6.92 Å². The first kappa shape index (κ1) is 16.8. The van der Waals surface area contributed by atoms with Gasteiger partial charge < -0.3 is 5.11 Å². The van der Waals surface area contributed by atoms with Crippen molar-refractivity contribution in [3.05, 3.63) is 0 Å². The highest BCUT2D eigenvalue weighted by atomic mass is 16.3. The summed E-state index contributed by atoms with van der Waals surface area (Å²) in [6.45, 7) is 6.41. The molecular weight excluding hydrogens is 308 g/mol. The number of Topliss-reactive ketones (excluding diaryl/α,β-unsaturated/α-hetero) is 1. The summed E-state index contributed by atoms with van der Waals surface area (Å²) in [5.74, 6) is 6.83. The Hall–Kier alpha value is -0.370. The van der Waals surface area contributed by atoms with E-state index in [9.17, 15) is 9.90 Å². The molecule has 2 heteroatoms. The van der Waals surface area contributed by atoms with Gasteiger partial charge >= 0.3 is 0 Å². The van der Waals surface area contributed by atoms with Gasteiger partial charge in [-0.25, -0.2) is 0 Å². The summed E-state index contributed by atoms with van der Waals surface area (Å²) in [6.07, 6.45) is 11.2. The van der Waals surface area contributed by atoms with Gasteiger partial charge in [0.05, 0.1) is 5.60 Å². The number of carbonyl (C=O) groups is 1. The van der Waals surface area contributed by atoms with Crippen molar-refractivity contribution in [3.8, 4) is 0 Å². The van der Waals surface area contributed by atoms with Crippen molar-refractivity contribution in [2.75, 3.05) is 0 Å². The minimum absolute atomic E-state index is 0.289. The fourth-order valence-corrected chi connectivity index (χ4v) is 8.75. The SMILES string of the molecule is CC(=O)[C@H]1C[C@H]2C[C@H]2[C@H]2[C@@H]3CC[C@@H]4C[C@](C)(O)CC[C@@H]4[C@H]3CC[C@@]21C. The molecule has 0 aromatic rings. The molecule has 5 aliphatic rings. The third-order valence-electron chi connectivity index (χ3n) is 9.80. The van der Waals surface area contributed by atoms with Gasteiger partial charge in [0.15, 0.2) is 0 Å². The van der Waals surface area contributed by atoms with E-state index in [0.29, 0.717) is 11.7 Å². The molecule has 5 rings (SSSR count). The first-order valence-electron chi connectivity index (χ1n) is 11.0. The summed E-state index contributed by atoms with van der Waals surface area (Å²) in [5, 5.41) is 10.5. The molecular formula is C23H36O2. The third kappa shape index (κ3) is 2.42. The van der Waals surface area contributed by atoms with E-state index in [-0.39, 0.29) is 5.41 Å². The molecule has 0 aromatic carbocycles. The lowest BCUT2D eigenvalue weighted by atomic mass is 9.44. The van der Waals surface area contributed by atoms with Gasteiger partial charge in [-0.2, -0.15) is 0 Å². The second-order valence-electron chi connectivity index (χ2n) is 11.2. The van der Waals surface area contributed by atoms with E-state index >= 15 is 0 Å². The molecule has 0 radical (unpaired) electrons. The van der Waals surface area contributed by atoms with E-state index in [1.165, 1.54) is 44.9 Å². The minimum Gasteiger partial charge on any atom is -0.390 e. The van der Waals surface area contributed by atoms with Gasteiger partial charge in [0.1, 0.15) is 5.78 Å². The maximum atomic E-state index is 12.5. The zero-order valence-electron chi connectivity index (χ0n) is 16.3. The van der Waals surface area contributed by atoms with Gasteiger partial charge in [0.2, 0.25) is 0 Å². The third-order valence-corrected chi connectivity index (χ3v) is 9.80. The van der Waals surface area contributed by atoms with Crippen molar-refractivity contribution in [1.82, 2.24) is 0 Å². The Morgan fingerprint density at radius 1 is 0.880 bits per heavy atom. The summed E-state index contributed by atoms with van der Waals surface area (Å²) < 4.78 is 0. The highest BCUT2D eigenvalue weighted by Gasteiger charge is 2.65. The molecule has 140 valence electrons. The van der Waals surface area contributed by atoms with Gasteiger partial charge in [-0.3, -0.25) is 4.79 Å². The van der Waals surface area contributed by atoms with Crippen LogP contribution in [0.2, 0.25) is 0 Å². The summed E-state index contributed by atoms with van der Waals surface area (Å²) in [4.78, 5) is 12.5. The first-order chi connectivity index (χ1) is 11.8. The Labute approximate surface area is 153 Å². The van der Waals surface area contributed by atoms with E-state index in [1.54, 1.807) is 0 Å². The van der Waals surface area contributed by atoms with Crippen LogP contribution in [0.25, 0.3) is 0 Å². The Kier molecular flexibility index (Phi) is 3.58. The predicted molar refractivity (Wildman–Crippen MR) is 98.9 cm³/mol. The van der Waals surface area contributed by atoms with Crippen LogP contribution in [0.4, 0.5) is 0 Å². The van der Waals surface area contributed by atoms with Crippen molar-refractivity contribution in [2.24, 2.45) is 52.8 Å². The molecule has 0 spiro atoms. The van der Waals surface area contributed by atoms with Crippen LogP contribution >= 0.6 is 0 Å². The fourth-order valence-electron chi connectivity index (χ4n) is 8.75. The zero-order chi connectivity index (χ0) is 17.6. The van der Waals surface area contributed by atoms with Crippen molar-refractivity contribution in [2.45, 2.75) is 84.2 Å². The molecule has 0 amide bonds. The smallest absolute Gasteiger partial charge is 0.133 e. The molecule has 0 heterocycles. The standard InChI is InChI=1S/C23H36O2/c1-13(24)20-11-15-10-19(15)21-18-5-4-14-12-22(2,25)8-6-16(14)17(18)7-9-23(20,21)3/h14-21,25H,4-12H2,1-3H3/t14-,15-,16+,17-,18-,19-,20-,21-,22-,23-/m1/s1. The van der Waals surface area contributed by atoms with Crippen LogP contribution in [0.15, 0.2) is 0 Å². The van der Waals surface area contributed by atoms with Gasteiger partial charge in [-0.15, -0.1) is 0 Å². The molecule has 0 bridgehead atoms. The van der Waals surface area contributed by atoms with E-state index in [1.807, 2.05) is 6.92 Å². The maximum absolute atomic E-state index is 12.5. The molecule has 0 aromatic heterocycles. The molecule has 25 heavy (non-hydrogen) atoms. The Balaban J connectivity index is 1.43. The Bertz CT molecular complexity index is 581. The lowest BCUT2D eigenvalue weighted by molar-refractivity contribution is -0.148. The number of fused-ring (bicyclic) bond motifs is 7. The number of hydrogen-bond acceptors (Lipinski definition) is 2. The molecule has 0 unspecified atom stereocenters. The molecule has 1 N–H and O–H groups in total. The van der Waals surface area contributed by atoms with Crippen LogP contribution < -0.4 is 0 Å². The van der Waals surface area contributed by atoms with E-state index in [4.69, 9.17) is 0 Å². The topological polar surface area (TPSA) is 37.3 Å². The molecule has 5 saturated carbocycles. The Morgan fingerprint density at radius 3 is 2.40 bits per heavy atom. The quantitative estimate of drug-likeness (QED) is 0.739. The second kappa shape index (κ2) is 5.33. The van der Waals surface area contributed by atoms with Crippen molar-refractivity contribution < 1.29 is 9.90 Å². The van der Waals surface area contributed by atoms with Crippen molar-refractivity contribution in [3.63, 3.8) is 0 Å². The monoisotopic (exact) mass is 344 g/mol. The normalized spacial score (nSPS) is 59.8. The summed E-state index contributed by atoms with van der Waals surface area (Å²) >= 11 is 0. The highest BCUT2D eigenvalue weighted by Crippen LogP contribution is 2.70. The highest BCUT2D eigenvalue weighted by molar-refractivity contribution is 5.79. The predicted octanol–water partition coefficient (Wildman–Crippen LogP) is 4.84. The molecule has 0 aliphatic heterocycles. The second-order valence-corrected chi connectivity index (χ2v) is 11.2. The average molecular weight is 345 g/mol. The van der Waals surface area contributed by atoms with Gasteiger partial charge in [0, 0.05) is 5.92 Å². The summed E-state index contributed by atoms with van der Waals surface area (Å²) in [6, 6.07) is 0. The molecule has 0 saturated heterocycles. The average Bonchev–Trinajstić information content (AvgIpc) is 3.30. The molecule has 2 nitrogen and oxygen atoms in total.